The third-order valence-corrected chi connectivity index (χ3v) is 5.50. The SMILES string of the molecule is CCNC(=NCC(c1cccc(F)c1)N1CCOCC1)Nc1ccc2c(c1)OCCCO2.I. The van der Waals surface area contributed by atoms with E-state index in [2.05, 4.69) is 15.5 Å². The fourth-order valence-electron chi connectivity index (χ4n) is 3.90. The van der Waals surface area contributed by atoms with Gasteiger partial charge in [0.1, 0.15) is 5.82 Å². The molecule has 180 valence electrons. The Morgan fingerprint density at radius 1 is 1.06 bits per heavy atom. The number of fused-ring (bicyclic) bond motifs is 1. The average molecular weight is 570 g/mol. The van der Waals surface area contributed by atoms with Gasteiger partial charge in [0.25, 0.3) is 0 Å². The molecular weight excluding hydrogens is 538 g/mol. The zero-order valence-corrected chi connectivity index (χ0v) is 21.2. The lowest BCUT2D eigenvalue weighted by atomic mass is 10.0. The Bertz CT molecular complexity index is 924. The molecule has 2 heterocycles. The Kier molecular flexibility index (Phi) is 10.0. The van der Waals surface area contributed by atoms with Crippen LogP contribution in [0.15, 0.2) is 47.5 Å². The molecule has 2 aromatic carbocycles. The summed E-state index contributed by atoms with van der Waals surface area (Å²) < 4.78 is 31.0. The van der Waals surface area contributed by atoms with Crippen LogP contribution in [0, 0.1) is 5.82 Å². The van der Waals surface area contributed by atoms with Crippen molar-refractivity contribution in [1.29, 1.82) is 0 Å². The van der Waals surface area contributed by atoms with Crippen LogP contribution in [0.2, 0.25) is 0 Å². The highest BCUT2D eigenvalue weighted by Gasteiger charge is 2.23. The number of halogens is 2. The minimum atomic E-state index is -0.234. The molecule has 0 bridgehead atoms. The molecule has 1 saturated heterocycles. The summed E-state index contributed by atoms with van der Waals surface area (Å²) in [6, 6.07) is 12.5. The number of morpholine rings is 1. The zero-order chi connectivity index (χ0) is 22.2. The second kappa shape index (κ2) is 13.0. The van der Waals surface area contributed by atoms with Crippen molar-refractivity contribution in [2.75, 3.05) is 57.9 Å². The van der Waals surface area contributed by atoms with Crippen LogP contribution in [0.25, 0.3) is 0 Å². The summed E-state index contributed by atoms with van der Waals surface area (Å²) in [4.78, 5) is 7.14. The number of benzene rings is 2. The van der Waals surface area contributed by atoms with E-state index in [1.807, 2.05) is 31.2 Å². The van der Waals surface area contributed by atoms with Gasteiger partial charge in [-0.15, -0.1) is 24.0 Å². The molecule has 1 fully saturated rings. The maximum atomic E-state index is 13.9. The quantitative estimate of drug-likeness (QED) is 0.311. The molecule has 0 spiro atoms. The van der Waals surface area contributed by atoms with Crippen molar-refractivity contribution in [1.82, 2.24) is 10.2 Å². The van der Waals surface area contributed by atoms with Gasteiger partial charge >= 0.3 is 0 Å². The second-order valence-corrected chi connectivity index (χ2v) is 7.78. The average Bonchev–Trinajstić information content (AvgIpc) is 3.05. The number of hydrogen-bond acceptors (Lipinski definition) is 5. The van der Waals surface area contributed by atoms with Gasteiger partial charge in [-0.05, 0) is 36.8 Å². The summed E-state index contributed by atoms with van der Waals surface area (Å²) in [7, 11) is 0. The zero-order valence-electron chi connectivity index (χ0n) is 18.9. The molecule has 2 aromatic rings. The Hall–Kier alpha value is -2.11. The summed E-state index contributed by atoms with van der Waals surface area (Å²) >= 11 is 0. The van der Waals surface area contributed by atoms with Crippen LogP contribution in [0.1, 0.15) is 24.9 Å². The van der Waals surface area contributed by atoms with Gasteiger partial charge in [0.2, 0.25) is 0 Å². The third kappa shape index (κ3) is 7.18. The topological polar surface area (TPSA) is 67.4 Å². The van der Waals surface area contributed by atoms with Gasteiger partial charge in [0.05, 0.1) is 39.0 Å². The number of ether oxygens (including phenoxy) is 3. The van der Waals surface area contributed by atoms with Crippen molar-refractivity contribution in [2.24, 2.45) is 4.99 Å². The lowest BCUT2D eigenvalue weighted by Crippen LogP contribution is -2.41. The number of anilines is 1. The van der Waals surface area contributed by atoms with Crippen LogP contribution in [-0.2, 0) is 4.74 Å². The van der Waals surface area contributed by atoms with Crippen molar-refractivity contribution in [3.05, 3.63) is 53.8 Å². The Morgan fingerprint density at radius 3 is 2.61 bits per heavy atom. The first-order valence-corrected chi connectivity index (χ1v) is 11.2. The smallest absolute Gasteiger partial charge is 0.195 e. The van der Waals surface area contributed by atoms with Gasteiger partial charge in [-0.3, -0.25) is 9.89 Å². The van der Waals surface area contributed by atoms with Gasteiger partial charge in [0.15, 0.2) is 17.5 Å². The van der Waals surface area contributed by atoms with E-state index in [1.165, 1.54) is 6.07 Å². The fourth-order valence-corrected chi connectivity index (χ4v) is 3.90. The molecule has 0 aromatic heterocycles. The third-order valence-electron chi connectivity index (χ3n) is 5.50. The van der Waals surface area contributed by atoms with Crippen LogP contribution in [0.5, 0.6) is 11.5 Å². The minimum Gasteiger partial charge on any atom is -0.490 e. The molecule has 0 radical (unpaired) electrons. The monoisotopic (exact) mass is 570 g/mol. The van der Waals surface area contributed by atoms with Crippen LogP contribution in [0.3, 0.4) is 0 Å². The molecule has 2 N–H and O–H groups in total. The lowest BCUT2D eigenvalue weighted by Gasteiger charge is -2.34. The van der Waals surface area contributed by atoms with E-state index < -0.39 is 0 Å². The first kappa shape index (κ1) is 25.5. The maximum Gasteiger partial charge on any atom is 0.195 e. The van der Waals surface area contributed by atoms with E-state index in [1.54, 1.807) is 12.1 Å². The van der Waals surface area contributed by atoms with Gasteiger partial charge in [-0.2, -0.15) is 0 Å². The standard InChI is InChI=1S/C24H31FN4O3.HI/c1-2-26-24(28-20-7-8-22-23(16-20)32-12-4-11-31-22)27-17-21(29-9-13-30-14-10-29)18-5-3-6-19(25)15-18;/h3,5-8,15-16,21H,2,4,9-14,17H2,1H3,(H2,26,27,28);1H. The number of nitrogens with one attached hydrogen (secondary N) is 2. The Balaban J connectivity index is 0.00000306. The van der Waals surface area contributed by atoms with Crippen molar-refractivity contribution in [3.8, 4) is 11.5 Å². The summed E-state index contributed by atoms with van der Waals surface area (Å²) in [5.41, 5.74) is 1.78. The Labute approximate surface area is 211 Å². The van der Waals surface area contributed by atoms with E-state index in [0.29, 0.717) is 38.9 Å². The first-order valence-electron chi connectivity index (χ1n) is 11.2. The van der Waals surface area contributed by atoms with E-state index in [9.17, 15) is 4.39 Å². The largest absolute Gasteiger partial charge is 0.490 e. The normalized spacial score (nSPS) is 17.5. The van der Waals surface area contributed by atoms with Crippen molar-refractivity contribution < 1.29 is 18.6 Å². The second-order valence-electron chi connectivity index (χ2n) is 7.78. The molecule has 4 rings (SSSR count). The maximum absolute atomic E-state index is 13.9. The Morgan fingerprint density at radius 2 is 1.85 bits per heavy atom. The highest BCUT2D eigenvalue weighted by molar-refractivity contribution is 14.0. The number of guanidine groups is 1. The molecule has 0 aliphatic carbocycles. The van der Waals surface area contributed by atoms with Crippen molar-refractivity contribution >= 4 is 35.6 Å². The first-order chi connectivity index (χ1) is 15.7. The van der Waals surface area contributed by atoms with Gasteiger partial charge < -0.3 is 24.8 Å². The van der Waals surface area contributed by atoms with Gasteiger partial charge in [-0.25, -0.2) is 4.39 Å². The number of aliphatic imine (C=N–C) groups is 1. The fraction of sp³-hybridized carbons (Fsp3) is 0.458. The number of rotatable bonds is 6. The van der Waals surface area contributed by atoms with Gasteiger partial charge in [0, 0.05) is 37.8 Å². The lowest BCUT2D eigenvalue weighted by molar-refractivity contribution is 0.0179. The minimum absolute atomic E-state index is 0. The number of nitrogens with zero attached hydrogens (tertiary/aromatic N) is 2. The molecule has 1 unspecified atom stereocenters. The van der Waals surface area contributed by atoms with Crippen LogP contribution in [-0.4, -0.2) is 63.5 Å². The molecule has 2 aliphatic heterocycles. The van der Waals surface area contributed by atoms with Crippen LogP contribution >= 0.6 is 24.0 Å². The molecule has 9 heteroatoms. The molecule has 7 nitrogen and oxygen atoms in total. The number of hydrogen-bond donors (Lipinski definition) is 2. The summed E-state index contributed by atoms with van der Waals surface area (Å²) in [5.74, 6) is 1.92. The highest BCUT2D eigenvalue weighted by atomic mass is 127. The van der Waals surface area contributed by atoms with E-state index in [0.717, 1.165) is 48.8 Å². The van der Waals surface area contributed by atoms with Crippen LogP contribution < -0.4 is 20.1 Å². The highest BCUT2D eigenvalue weighted by Crippen LogP contribution is 2.32. The summed E-state index contributed by atoms with van der Waals surface area (Å²) in [6.45, 7) is 7.47. The van der Waals surface area contributed by atoms with Crippen LogP contribution in [0.4, 0.5) is 10.1 Å². The van der Waals surface area contributed by atoms with Gasteiger partial charge in [-0.1, -0.05) is 12.1 Å². The molecule has 1 atom stereocenters. The van der Waals surface area contributed by atoms with Crippen molar-refractivity contribution in [2.45, 2.75) is 19.4 Å². The predicted molar refractivity (Wildman–Crippen MR) is 139 cm³/mol. The van der Waals surface area contributed by atoms with E-state index >= 15 is 0 Å². The summed E-state index contributed by atoms with van der Waals surface area (Å²) in [6.07, 6.45) is 0.866. The molecule has 0 saturated carbocycles. The molecule has 33 heavy (non-hydrogen) atoms. The molecule has 2 aliphatic rings. The van der Waals surface area contributed by atoms with E-state index in [-0.39, 0.29) is 35.8 Å². The van der Waals surface area contributed by atoms with E-state index in [4.69, 9.17) is 19.2 Å². The molecule has 0 amide bonds. The summed E-state index contributed by atoms with van der Waals surface area (Å²) in [5, 5.41) is 6.65. The molecular formula is C24H32FIN4O3. The van der Waals surface area contributed by atoms with Crippen molar-refractivity contribution in [3.63, 3.8) is 0 Å². The predicted octanol–water partition coefficient (Wildman–Crippen LogP) is 4.06.